The summed E-state index contributed by atoms with van der Waals surface area (Å²) in [4.78, 5) is 0. The van der Waals surface area contributed by atoms with E-state index < -0.39 is 19.8 Å². The Morgan fingerprint density at radius 3 is 2.25 bits per heavy atom. The Labute approximate surface area is 74.5 Å². The first-order chi connectivity index (χ1) is 5.19. The van der Waals surface area contributed by atoms with Gasteiger partial charge < -0.3 is 0 Å². The van der Waals surface area contributed by atoms with Crippen molar-refractivity contribution in [2.24, 2.45) is 8.91 Å². The van der Waals surface area contributed by atoms with Crippen molar-refractivity contribution < 1.29 is 8.42 Å². The van der Waals surface area contributed by atoms with Crippen molar-refractivity contribution in [1.82, 2.24) is 4.31 Å². The fourth-order valence-electron chi connectivity index (χ4n) is 0.515. The highest BCUT2D eigenvalue weighted by Gasteiger charge is 2.05. The molecule has 2 N–H and O–H groups in total. The summed E-state index contributed by atoms with van der Waals surface area (Å²) in [5, 5.41) is 5.61. The molecule has 0 aromatic rings. The van der Waals surface area contributed by atoms with E-state index >= 15 is 0 Å². The predicted octanol–water partition coefficient (Wildman–Crippen LogP) is -0.544. The summed E-state index contributed by atoms with van der Waals surface area (Å²) in [6, 6.07) is 0. The molecule has 5 nitrogen and oxygen atoms in total. The Kier molecular flexibility index (Phi) is 3.70. The highest BCUT2D eigenvalue weighted by atomic mass is 32.3. The summed E-state index contributed by atoms with van der Waals surface area (Å²) >= 11 is 0. The smallest absolute Gasteiger partial charge is 0.257 e. The lowest BCUT2D eigenvalue weighted by Crippen LogP contribution is -2.33. The summed E-state index contributed by atoms with van der Waals surface area (Å²) in [7, 11) is -3.96. The van der Waals surface area contributed by atoms with E-state index in [-0.39, 0.29) is 0 Å². The van der Waals surface area contributed by atoms with Crippen LogP contribution in [0.4, 0.5) is 0 Å². The van der Waals surface area contributed by atoms with Crippen molar-refractivity contribution in [1.29, 1.82) is 0 Å². The molecule has 0 aromatic carbocycles. The first-order valence-electron chi connectivity index (χ1n) is 3.28. The minimum absolute atomic E-state index is 0.619. The van der Waals surface area contributed by atoms with Gasteiger partial charge >= 0.3 is 0 Å². The van der Waals surface area contributed by atoms with Crippen LogP contribution in [0.2, 0.25) is 0 Å². The van der Waals surface area contributed by atoms with E-state index in [1.807, 2.05) is 6.92 Å². The Hall–Kier alpha value is -0.110. The van der Waals surface area contributed by atoms with E-state index in [2.05, 4.69) is 9.64 Å². The molecule has 1 unspecified atom stereocenters. The van der Waals surface area contributed by atoms with Crippen molar-refractivity contribution in [3.63, 3.8) is 0 Å². The normalized spacial score (nSPS) is 17.4. The lowest BCUT2D eigenvalue weighted by atomic mass is 10.8. The third-order valence-electron chi connectivity index (χ3n) is 1.25. The van der Waals surface area contributed by atoms with E-state index in [1.165, 1.54) is 0 Å². The van der Waals surface area contributed by atoms with E-state index in [4.69, 9.17) is 5.14 Å². The van der Waals surface area contributed by atoms with Crippen molar-refractivity contribution in [3.8, 4) is 0 Å². The number of hydrogen-bond acceptors (Lipinski definition) is 2. The molecule has 0 saturated carbocycles. The third kappa shape index (κ3) is 4.05. The minimum Gasteiger partial charge on any atom is -0.263 e. The second-order valence-electron chi connectivity index (χ2n) is 2.47. The molecule has 0 aliphatic carbocycles. The van der Waals surface area contributed by atoms with E-state index in [9.17, 15) is 8.42 Å². The van der Waals surface area contributed by atoms with Gasteiger partial charge in [0.2, 0.25) is 0 Å². The summed E-state index contributed by atoms with van der Waals surface area (Å²) < 4.78 is 26.6. The Morgan fingerprint density at radius 2 is 2.00 bits per heavy atom. The lowest BCUT2D eigenvalue weighted by molar-refractivity contribution is 0.588. The molecule has 7 heteroatoms. The molecular weight excluding hydrogens is 198 g/mol. The van der Waals surface area contributed by atoms with Crippen molar-refractivity contribution >= 4 is 25.7 Å². The molecule has 1 atom stereocenters. The zero-order valence-electron chi connectivity index (χ0n) is 7.52. The summed E-state index contributed by atoms with van der Waals surface area (Å²) in [5.74, 6) is 3.57. The second-order valence-corrected chi connectivity index (χ2v) is 6.59. The molecule has 12 heavy (non-hydrogen) atoms. The van der Waals surface area contributed by atoms with Gasteiger partial charge in [0.15, 0.2) is 0 Å². The van der Waals surface area contributed by atoms with Gasteiger partial charge in [-0.05, 0) is 22.7 Å². The van der Waals surface area contributed by atoms with Gasteiger partial charge in [0.1, 0.15) is 0 Å². The van der Waals surface area contributed by atoms with Crippen LogP contribution in [0.3, 0.4) is 0 Å². The average molecular weight is 213 g/mol. The molecule has 0 spiro atoms. The van der Waals surface area contributed by atoms with E-state index in [0.29, 0.717) is 6.54 Å². The number of nitrogens with two attached hydrogens (primary N) is 1. The Bertz CT molecular complexity index is 351. The maximum absolute atomic E-state index is 10.8. The molecule has 0 rings (SSSR count). The first-order valence-corrected chi connectivity index (χ1v) is 6.91. The highest BCUT2D eigenvalue weighted by Crippen LogP contribution is 1.97. The van der Waals surface area contributed by atoms with Crippen molar-refractivity contribution in [2.45, 2.75) is 6.92 Å². The topological polar surface area (TPSA) is 75.8 Å². The zero-order valence-corrected chi connectivity index (χ0v) is 9.15. The fourth-order valence-corrected chi connectivity index (χ4v) is 3.29. The number of hydrogen-bond donors (Lipinski definition) is 1. The second kappa shape index (κ2) is 3.73. The molecule has 0 aliphatic heterocycles. The average Bonchev–Trinajstić information content (AvgIpc) is 1.80. The maximum atomic E-state index is 10.8. The number of rotatable bonds is 3. The van der Waals surface area contributed by atoms with Crippen LogP contribution >= 0.6 is 0 Å². The van der Waals surface area contributed by atoms with Gasteiger partial charge in [-0.25, -0.2) is 12.7 Å². The van der Waals surface area contributed by atoms with E-state index in [1.54, 1.807) is 11.4 Å². The van der Waals surface area contributed by atoms with Crippen LogP contribution in [-0.4, -0.2) is 38.4 Å². The molecule has 0 radical (unpaired) electrons. The van der Waals surface area contributed by atoms with Crippen LogP contribution in [0.15, 0.2) is 3.77 Å². The van der Waals surface area contributed by atoms with Crippen LogP contribution in [0.5, 0.6) is 0 Å². The zero-order chi connectivity index (χ0) is 9.99. The Balaban J connectivity index is 5.13. The summed E-state index contributed by atoms with van der Waals surface area (Å²) in [5.41, 5.74) is 0. The summed E-state index contributed by atoms with van der Waals surface area (Å²) in [6.07, 6.45) is 1.01. The van der Waals surface area contributed by atoms with Crippen LogP contribution < -0.4 is 5.14 Å². The van der Waals surface area contributed by atoms with Crippen molar-refractivity contribution in [2.75, 3.05) is 19.8 Å². The first kappa shape index (κ1) is 11.9. The molecule has 0 aliphatic rings. The van der Waals surface area contributed by atoms with Gasteiger partial charge in [-0.15, -0.1) is 3.77 Å². The van der Waals surface area contributed by atoms with Crippen LogP contribution in [0.1, 0.15) is 6.92 Å². The van der Waals surface area contributed by atoms with Gasteiger partial charge in [0, 0.05) is 6.54 Å². The van der Waals surface area contributed by atoms with Crippen LogP contribution in [0, 0.1) is 0 Å². The monoisotopic (exact) mass is 213 g/mol. The minimum atomic E-state index is -3.40. The fraction of sp³-hybridized carbons (Fsp3) is 0.800. The Morgan fingerprint density at radius 1 is 1.58 bits per heavy atom. The predicted molar refractivity (Wildman–Crippen MR) is 54.2 cm³/mol. The molecule has 0 saturated heterocycles. The standard InChI is InChI=1S/C5H15N3O2S2/c1-5-8(2)11(3,6)7-12(4,9)10/h3,5H2,1-2,4H3,(H2,6,7). The SMILES string of the molecule is C=S(N)(=NS(C)(=O)=O)N(C)CC. The number of sulfonamides is 1. The van der Waals surface area contributed by atoms with Gasteiger partial charge in [0.05, 0.1) is 6.26 Å². The molecule has 74 valence electrons. The van der Waals surface area contributed by atoms with E-state index in [0.717, 1.165) is 6.26 Å². The van der Waals surface area contributed by atoms with Gasteiger partial charge in [-0.2, -0.15) is 0 Å². The van der Waals surface area contributed by atoms with Gasteiger partial charge in [-0.1, -0.05) is 6.92 Å². The largest absolute Gasteiger partial charge is 0.263 e. The highest BCUT2D eigenvalue weighted by molar-refractivity contribution is 8.05. The van der Waals surface area contributed by atoms with Crippen LogP contribution in [0.25, 0.3) is 0 Å². The maximum Gasteiger partial charge on any atom is 0.257 e. The third-order valence-corrected chi connectivity index (χ3v) is 4.70. The van der Waals surface area contributed by atoms with Gasteiger partial charge in [-0.3, -0.25) is 5.14 Å². The van der Waals surface area contributed by atoms with Gasteiger partial charge in [0.25, 0.3) is 10.0 Å². The molecule has 0 aromatic heterocycles. The molecule has 0 heterocycles. The summed E-state index contributed by atoms with van der Waals surface area (Å²) in [6.45, 7) is 2.48. The number of nitrogens with zero attached hydrogens (tertiary/aromatic N) is 2. The lowest BCUT2D eigenvalue weighted by Gasteiger charge is -2.19. The molecular formula is C5H15N3O2S2. The molecule has 0 bridgehead atoms. The molecule has 0 fully saturated rings. The molecule has 0 amide bonds. The quantitative estimate of drug-likeness (QED) is 0.639. The van der Waals surface area contributed by atoms with Crippen molar-refractivity contribution in [3.05, 3.63) is 0 Å². The van der Waals surface area contributed by atoms with Crippen LogP contribution in [-0.2, 0) is 19.8 Å².